The predicted octanol–water partition coefficient (Wildman–Crippen LogP) is 1.52. The minimum atomic E-state index is -3.82. The summed E-state index contributed by atoms with van der Waals surface area (Å²) in [5.74, 6) is -1.63. The first-order chi connectivity index (χ1) is 9.61. The summed E-state index contributed by atoms with van der Waals surface area (Å²) >= 11 is 0. The van der Waals surface area contributed by atoms with E-state index in [1.807, 2.05) is 13.8 Å². The summed E-state index contributed by atoms with van der Waals surface area (Å²) in [6, 6.07) is 0.783. The maximum Gasteiger partial charge on any atom is 0.371 e. The van der Waals surface area contributed by atoms with Crippen LogP contribution in [0.2, 0.25) is 0 Å². The standard InChI is InChI=1S/C13H19NO6S/c1-8-11(6-10(20-8)12(15)16)21(17,18)14-9-4-5-19-13(2,3)7-9/h6,9,14H,4-5,7H2,1-3H3,(H,15,16). The van der Waals surface area contributed by atoms with E-state index >= 15 is 0 Å². The number of hydrogen-bond donors (Lipinski definition) is 2. The lowest BCUT2D eigenvalue weighted by atomic mass is 9.95. The molecule has 1 aromatic rings. The minimum Gasteiger partial charge on any atom is -0.475 e. The van der Waals surface area contributed by atoms with Crippen molar-refractivity contribution in [2.45, 2.75) is 50.2 Å². The normalized spacial score (nSPS) is 22.1. The third kappa shape index (κ3) is 3.63. The highest BCUT2D eigenvalue weighted by Crippen LogP contribution is 2.26. The molecule has 8 heteroatoms. The second-order valence-electron chi connectivity index (χ2n) is 5.76. The first-order valence-corrected chi connectivity index (χ1v) is 8.09. The van der Waals surface area contributed by atoms with Crippen molar-refractivity contribution in [3.8, 4) is 0 Å². The van der Waals surface area contributed by atoms with E-state index < -0.39 is 16.0 Å². The van der Waals surface area contributed by atoms with Crippen LogP contribution in [-0.2, 0) is 14.8 Å². The Balaban J connectivity index is 2.20. The van der Waals surface area contributed by atoms with Crippen LogP contribution in [0, 0.1) is 6.92 Å². The van der Waals surface area contributed by atoms with Crippen molar-refractivity contribution in [3.05, 3.63) is 17.6 Å². The summed E-state index contributed by atoms with van der Waals surface area (Å²) < 4.78 is 37.8. The SMILES string of the molecule is Cc1oc(C(=O)O)cc1S(=O)(=O)NC1CCOC(C)(C)C1. The summed E-state index contributed by atoms with van der Waals surface area (Å²) in [6.45, 7) is 5.71. The van der Waals surface area contributed by atoms with E-state index in [0.29, 0.717) is 19.4 Å². The Morgan fingerprint density at radius 1 is 1.48 bits per heavy atom. The Labute approximate surface area is 123 Å². The van der Waals surface area contributed by atoms with Gasteiger partial charge >= 0.3 is 5.97 Å². The van der Waals surface area contributed by atoms with Crippen molar-refractivity contribution >= 4 is 16.0 Å². The second-order valence-corrected chi connectivity index (χ2v) is 7.44. The number of nitrogens with one attached hydrogen (secondary N) is 1. The molecule has 7 nitrogen and oxygen atoms in total. The molecule has 0 bridgehead atoms. The highest BCUT2D eigenvalue weighted by Gasteiger charge is 2.33. The molecule has 0 amide bonds. The lowest BCUT2D eigenvalue weighted by Crippen LogP contribution is -2.45. The first kappa shape index (κ1) is 16.0. The van der Waals surface area contributed by atoms with Crippen molar-refractivity contribution in [2.24, 2.45) is 0 Å². The van der Waals surface area contributed by atoms with Crippen LogP contribution in [0.5, 0.6) is 0 Å². The third-order valence-electron chi connectivity index (χ3n) is 3.39. The molecule has 1 saturated heterocycles. The van der Waals surface area contributed by atoms with E-state index in [1.54, 1.807) is 0 Å². The van der Waals surface area contributed by atoms with Gasteiger partial charge in [0.15, 0.2) is 0 Å². The second kappa shape index (κ2) is 5.43. The van der Waals surface area contributed by atoms with Gasteiger partial charge in [-0.15, -0.1) is 0 Å². The van der Waals surface area contributed by atoms with E-state index in [-0.39, 0.29) is 28.1 Å². The molecule has 2 rings (SSSR count). The van der Waals surface area contributed by atoms with Crippen molar-refractivity contribution < 1.29 is 27.5 Å². The maximum absolute atomic E-state index is 12.4. The summed E-state index contributed by atoms with van der Waals surface area (Å²) in [7, 11) is -3.82. The largest absolute Gasteiger partial charge is 0.475 e. The Morgan fingerprint density at radius 3 is 2.67 bits per heavy atom. The maximum atomic E-state index is 12.4. The van der Waals surface area contributed by atoms with E-state index in [1.165, 1.54) is 6.92 Å². The van der Waals surface area contributed by atoms with Crippen LogP contribution in [0.3, 0.4) is 0 Å². The van der Waals surface area contributed by atoms with Crippen molar-refractivity contribution in [1.29, 1.82) is 0 Å². The number of hydrogen-bond acceptors (Lipinski definition) is 5. The minimum absolute atomic E-state index is 0.0613. The number of rotatable bonds is 4. The zero-order valence-electron chi connectivity index (χ0n) is 12.2. The van der Waals surface area contributed by atoms with Gasteiger partial charge in [-0.3, -0.25) is 0 Å². The summed E-state index contributed by atoms with van der Waals surface area (Å²) in [5, 5.41) is 8.85. The molecule has 118 valence electrons. The molecule has 2 heterocycles. The Bertz CT molecular complexity index is 646. The Hall–Kier alpha value is -1.38. The molecule has 1 aliphatic rings. The van der Waals surface area contributed by atoms with Crippen molar-refractivity contribution in [1.82, 2.24) is 4.72 Å². The molecule has 0 aromatic carbocycles. The Kier molecular flexibility index (Phi) is 4.14. The van der Waals surface area contributed by atoms with E-state index in [2.05, 4.69) is 4.72 Å². The third-order valence-corrected chi connectivity index (χ3v) is 5.02. The molecule has 1 aromatic heterocycles. The first-order valence-electron chi connectivity index (χ1n) is 6.61. The predicted molar refractivity (Wildman–Crippen MR) is 73.8 cm³/mol. The van der Waals surface area contributed by atoms with Gasteiger partial charge in [-0.1, -0.05) is 0 Å². The van der Waals surface area contributed by atoms with Gasteiger partial charge < -0.3 is 14.3 Å². The van der Waals surface area contributed by atoms with Crippen LogP contribution < -0.4 is 4.72 Å². The molecule has 0 radical (unpaired) electrons. The van der Waals surface area contributed by atoms with E-state index in [0.717, 1.165) is 6.07 Å². The van der Waals surface area contributed by atoms with Gasteiger partial charge in [-0.05, 0) is 33.6 Å². The average Bonchev–Trinajstić information content (AvgIpc) is 2.70. The molecule has 1 unspecified atom stereocenters. The van der Waals surface area contributed by atoms with Gasteiger partial charge in [0.1, 0.15) is 10.7 Å². The van der Waals surface area contributed by atoms with Crippen LogP contribution in [0.1, 0.15) is 43.0 Å². The zero-order chi connectivity index (χ0) is 15.8. The highest BCUT2D eigenvalue weighted by molar-refractivity contribution is 7.89. The fourth-order valence-electron chi connectivity index (χ4n) is 2.45. The summed E-state index contributed by atoms with van der Waals surface area (Å²) in [5.41, 5.74) is -0.386. The smallest absolute Gasteiger partial charge is 0.371 e. The molecule has 0 aliphatic carbocycles. The molecule has 0 saturated carbocycles. The Morgan fingerprint density at radius 2 is 2.14 bits per heavy atom. The highest BCUT2D eigenvalue weighted by atomic mass is 32.2. The van der Waals surface area contributed by atoms with Gasteiger partial charge in [0.2, 0.25) is 15.8 Å². The fourth-order valence-corrected chi connectivity index (χ4v) is 3.90. The molecule has 0 spiro atoms. The molecule has 1 atom stereocenters. The van der Waals surface area contributed by atoms with Gasteiger partial charge in [0.25, 0.3) is 0 Å². The molecule has 1 aliphatic heterocycles. The fraction of sp³-hybridized carbons (Fsp3) is 0.615. The molecule has 1 fully saturated rings. The van der Waals surface area contributed by atoms with Crippen LogP contribution >= 0.6 is 0 Å². The number of aromatic carboxylic acids is 1. The number of ether oxygens (including phenoxy) is 1. The number of carboxylic acids is 1. The van der Waals surface area contributed by atoms with Crippen LogP contribution in [-0.4, -0.2) is 37.7 Å². The summed E-state index contributed by atoms with van der Waals surface area (Å²) in [6.07, 6.45) is 1.13. The van der Waals surface area contributed by atoms with Crippen LogP contribution in [0.15, 0.2) is 15.4 Å². The van der Waals surface area contributed by atoms with E-state index in [9.17, 15) is 13.2 Å². The van der Waals surface area contributed by atoms with Crippen molar-refractivity contribution in [2.75, 3.05) is 6.61 Å². The van der Waals surface area contributed by atoms with E-state index in [4.69, 9.17) is 14.3 Å². The average molecular weight is 317 g/mol. The number of aryl methyl sites for hydroxylation is 1. The van der Waals surface area contributed by atoms with Crippen molar-refractivity contribution in [3.63, 3.8) is 0 Å². The number of carbonyl (C=O) groups is 1. The molecule has 21 heavy (non-hydrogen) atoms. The monoisotopic (exact) mass is 317 g/mol. The van der Waals surface area contributed by atoms with Gasteiger partial charge in [0.05, 0.1) is 5.60 Å². The number of carboxylic acid groups (broad SMARTS) is 1. The van der Waals surface area contributed by atoms with Crippen LogP contribution in [0.4, 0.5) is 0 Å². The van der Waals surface area contributed by atoms with Gasteiger partial charge in [-0.25, -0.2) is 17.9 Å². The zero-order valence-corrected chi connectivity index (χ0v) is 13.0. The molecular formula is C13H19NO6S. The number of sulfonamides is 1. The quantitative estimate of drug-likeness (QED) is 0.872. The summed E-state index contributed by atoms with van der Waals surface area (Å²) in [4.78, 5) is 10.7. The molecular weight excluding hydrogens is 298 g/mol. The number of furan rings is 1. The van der Waals surface area contributed by atoms with Gasteiger partial charge in [0, 0.05) is 18.7 Å². The topological polar surface area (TPSA) is 106 Å². The van der Waals surface area contributed by atoms with Gasteiger partial charge in [-0.2, -0.15) is 0 Å². The van der Waals surface area contributed by atoms with Crippen LogP contribution in [0.25, 0.3) is 0 Å². The lowest BCUT2D eigenvalue weighted by molar-refractivity contribution is -0.0599. The lowest BCUT2D eigenvalue weighted by Gasteiger charge is -2.35. The molecule has 2 N–H and O–H groups in total.